The third-order valence-electron chi connectivity index (χ3n) is 11.2. The maximum absolute atomic E-state index is 6.45. The second-order valence-electron chi connectivity index (χ2n) is 13.6. The zero-order chi connectivity index (χ0) is 26.5. The Kier molecular flexibility index (Phi) is 6.79. The Morgan fingerprint density at radius 3 is 1.95 bits per heavy atom. The van der Waals surface area contributed by atoms with Crippen molar-refractivity contribution in [3.63, 3.8) is 0 Å². The SMILES string of the molecule is c1ccc2c(c1)C[C@H]1OCc3nn(-c4c(C5CCCCC5)cc(C5CCCCC5)cc4C4CCCCC4)c[n+]3[C@@H]21. The number of hydrogen-bond donors (Lipinski definition) is 0. The molecular formula is C36H46N3O+. The third kappa shape index (κ3) is 4.46. The van der Waals surface area contributed by atoms with Crippen molar-refractivity contribution in [3.8, 4) is 5.69 Å². The Morgan fingerprint density at radius 2 is 1.30 bits per heavy atom. The van der Waals surface area contributed by atoms with Crippen molar-refractivity contribution < 1.29 is 9.30 Å². The summed E-state index contributed by atoms with van der Waals surface area (Å²) in [6, 6.07) is 14.6. The number of hydrogen-bond acceptors (Lipinski definition) is 2. The minimum absolute atomic E-state index is 0.219. The molecule has 3 aromatic rings. The van der Waals surface area contributed by atoms with E-state index in [9.17, 15) is 0 Å². The first-order valence-corrected chi connectivity index (χ1v) is 16.7. The van der Waals surface area contributed by atoms with Crippen LogP contribution in [0.2, 0.25) is 0 Å². The van der Waals surface area contributed by atoms with Crippen molar-refractivity contribution in [1.29, 1.82) is 0 Å². The summed E-state index contributed by atoms with van der Waals surface area (Å²) in [5.74, 6) is 3.16. The van der Waals surface area contributed by atoms with Crippen LogP contribution in [0.3, 0.4) is 0 Å². The Bertz CT molecular complexity index is 1320. The fraction of sp³-hybridized carbons (Fsp3) is 0.611. The molecule has 0 bridgehead atoms. The van der Waals surface area contributed by atoms with E-state index in [1.165, 1.54) is 113 Å². The maximum Gasteiger partial charge on any atom is 0.304 e. The smallest absolute Gasteiger partial charge is 0.304 e. The lowest BCUT2D eigenvalue weighted by Crippen LogP contribution is -2.51. The van der Waals surface area contributed by atoms with Crippen LogP contribution in [-0.2, 0) is 17.8 Å². The van der Waals surface area contributed by atoms with E-state index in [2.05, 4.69) is 52.0 Å². The largest absolute Gasteiger partial charge is 0.363 e. The van der Waals surface area contributed by atoms with Crippen molar-refractivity contribution in [2.75, 3.05) is 0 Å². The highest BCUT2D eigenvalue weighted by atomic mass is 16.5. The summed E-state index contributed by atoms with van der Waals surface area (Å²) >= 11 is 0. The summed E-state index contributed by atoms with van der Waals surface area (Å²) in [7, 11) is 0. The zero-order valence-corrected chi connectivity index (χ0v) is 24.2. The van der Waals surface area contributed by atoms with Gasteiger partial charge in [0.2, 0.25) is 6.33 Å². The van der Waals surface area contributed by atoms with Crippen LogP contribution in [-0.4, -0.2) is 15.9 Å². The fourth-order valence-corrected chi connectivity index (χ4v) is 9.12. The maximum atomic E-state index is 6.45. The average molecular weight is 537 g/mol. The fourth-order valence-electron chi connectivity index (χ4n) is 9.12. The second-order valence-corrected chi connectivity index (χ2v) is 13.6. The first kappa shape index (κ1) is 25.3. The van der Waals surface area contributed by atoms with E-state index in [4.69, 9.17) is 9.84 Å². The number of fused-ring (bicyclic) bond motifs is 5. The van der Waals surface area contributed by atoms with Gasteiger partial charge in [-0.1, -0.05) is 98.9 Å². The molecular weight excluding hydrogens is 490 g/mol. The zero-order valence-electron chi connectivity index (χ0n) is 24.2. The normalized spacial score (nSPS) is 25.9. The van der Waals surface area contributed by atoms with Crippen LogP contribution in [0.4, 0.5) is 0 Å². The van der Waals surface area contributed by atoms with Gasteiger partial charge in [-0.3, -0.25) is 0 Å². The van der Waals surface area contributed by atoms with Crippen LogP contribution >= 0.6 is 0 Å². The van der Waals surface area contributed by atoms with Crippen LogP contribution in [0, 0.1) is 0 Å². The molecule has 0 spiro atoms. The van der Waals surface area contributed by atoms with Gasteiger partial charge in [0, 0.05) is 11.5 Å². The molecule has 3 saturated carbocycles. The summed E-state index contributed by atoms with van der Waals surface area (Å²) in [5, 5.41) is 5.36. The van der Waals surface area contributed by atoms with E-state index in [1.54, 1.807) is 16.7 Å². The molecule has 4 heteroatoms. The molecule has 4 nitrogen and oxygen atoms in total. The molecule has 0 unspecified atom stereocenters. The van der Waals surface area contributed by atoms with Crippen LogP contribution in [0.1, 0.15) is 154 Å². The summed E-state index contributed by atoms with van der Waals surface area (Å²) in [6.45, 7) is 0.611. The lowest BCUT2D eigenvalue weighted by Gasteiger charge is -2.31. The van der Waals surface area contributed by atoms with E-state index in [-0.39, 0.29) is 12.1 Å². The molecule has 5 aliphatic rings. The summed E-state index contributed by atoms with van der Waals surface area (Å²) in [4.78, 5) is 0. The molecule has 0 amide bonds. The second kappa shape index (κ2) is 10.7. The van der Waals surface area contributed by atoms with Gasteiger partial charge in [-0.2, -0.15) is 0 Å². The van der Waals surface area contributed by atoms with Gasteiger partial charge >= 0.3 is 5.82 Å². The quantitative estimate of drug-likeness (QED) is 0.314. The molecule has 0 N–H and O–H groups in total. The van der Waals surface area contributed by atoms with Crippen molar-refractivity contribution in [3.05, 3.63) is 76.4 Å². The van der Waals surface area contributed by atoms with E-state index in [0.717, 1.165) is 18.2 Å². The van der Waals surface area contributed by atoms with Crippen molar-refractivity contribution in [2.45, 2.75) is 139 Å². The molecule has 8 rings (SSSR count). The molecule has 40 heavy (non-hydrogen) atoms. The Morgan fingerprint density at radius 1 is 0.700 bits per heavy atom. The minimum Gasteiger partial charge on any atom is -0.363 e. The number of ether oxygens (including phenoxy) is 1. The number of rotatable bonds is 4. The van der Waals surface area contributed by atoms with Crippen LogP contribution in [0.15, 0.2) is 42.7 Å². The lowest BCUT2D eigenvalue weighted by molar-refractivity contribution is -0.739. The number of aromatic nitrogens is 3. The molecule has 2 heterocycles. The van der Waals surface area contributed by atoms with Crippen LogP contribution in [0.25, 0.3) is 5.69 Å². The Hall–Kier alpha value is -2.46. The van der Waals surface area contributed by atoms with Crippen molar-refractivity contribution in [1.82, 2.24) is 9.78 Å². The van der Waals surface area contributed by atoms with Crippen molar-refractivity contribution in [2.24, 2.45) is 0 Å². The first-order chi connectivity index (χ1) is 19.8. The molecule has 4 aliphatic carbocycles. The molecule has 1 aliphatic heterocycles. The molecule has 2 atom stereocenters. The molecule has 1 aromatic heterocycles. The standard InChI is InChI=1S/C36H46N3O/c1-4-12-25(13-5-1)29-20-31(26-14-6-2-7-15-26)35(32(21-29)27-16-8-3-9-17-27)39-24-38-34(37-39)23-40-33-22-28-18-10-11-19-30(28)36(33)38/h10-11,18-21,24-27,33,36H,1-9,12-17,22-23H2/q+1/t33-,36+/m1/s1. The predicted octanol–water partition coefficient (Wildman–Crippen LogP) is 8.35. The highest BCUT2D eigenvalue weighted by Crippen LogP contribution is 2.45. The Labute approximate surface area is 240 Å². The van der Waals surface area contributed by atoms with Gasteiger partial charge in [0.05, 0.1) is 0 Å². The average Bonchev–Trinajstić information content (AvgIpc) is 3.63. The van der Waals surface area contributed by atoms with Gasteiger partial charge in [0.1, 0.15) is 24.4 Å². The van der Waals surface area contributed by atoms with Gasteiger partial charge in [0.25, 0.3) is 0 Å². The molecule has 0 radical (unpaired) electrons. The molecule has 3 fully saturated rings. The van der Waals surface area contributed by atoms with Crippen molar-refractivity contribution >= 4 is 0 Å². The van der Waals surface area contributed by atoms with Gasteiger partial charge in [-0.05, 0) is 84.1 Å². The molecule has 2 aromatic carbocycles. The van der Waals surface area contributed by atoms with E-state index < -0.39 is 0 Å². The third-order valence-corrected chi connectivity index (χ3v) is 11.2. The van der Waals surface area contributed by atoms with Crippen LogP contribution in [0.5, 0.6) is 0 Å². The van der Waals surface area contributed by atoms with E-state index >= 15 is 0 Å². The molecule has 210 valence electrons. The highest BCUT2D eigenvalue weighted by Gasteiger charge is 2.44. The number of benzene rings is 2. The topological polar surface area (TPSA) is 30.9 Å². The monoisotopic (exact) mass is 536 g/mol. The lowest BCUT2D eigenvalue weighted by atomic mass is 9.75. The Balaban J connectivity index is 1.29. The molecule has 0 saturated heterocycles. The van der Waals surface area contributed by atoms with E-state index in [0.29, 0.717) is 18.4 Å². The van der Waals surface area contributed by atoms with Gasteiger partial charge in [-0.15, -0.1) is 0 Å². The number of nitrogens with zero attached hydrogens (tertiary/aromatic N) is 3. The minimum atomic E-state index is 0.219. The summed E-state index contributed by atoms with van der Waals surface area (Å²) < 4.78 is 11.3. The van der Waals surface area contributed by atoms with Gasteiger partial charge in [-0.25, -0.2) is 4.57 Å². The summed E-state index contributed by atoms with van der Waals surface area (Å²) in [6.07, 6.45) is 24.2. The van der Waals surface area contributed by atoms with Gasteiger partial charge in [0.15, 0.2) is 0 Å². The van der Waals surface area contributed by atoms with E-state index in [1.807, 2.05) is 0 Å². The predicted molar refractivity (Wildman–Crippen MR) is 158 cm³/mol. The first-order valence-electron chi connectivity index (χ1n) is 16.7. The highest BCUT2D eigenvalue weighted by molar-refractivity contribution is 5.54. The van der Waals surface area contributed by atoms with Gasteiger partial charge < -0.3 is 4.74 Å². The summed E-state index contributed by atoms with van der Waals surface area (Å²) in [5.41, 5.74) is 9.20. The van der Waals surface area contributed by atoms with Crippen LogP contribution < -0.4 is 4.57 Å².